The van der Waals surface area contributed by atoms with Gasteiger partial charge in [-0.25, -0.2) is 14.6 Å². The Morgan fingerprint density at radius 1 is 1.56 bits per heavy atom. The van der Waals surface area contributed by atoms with Gasteiger partial charge in [0.1, 0.15) is 6.04 Å². The summed E-state index contributed by atoms with van der Waals surface area (Å²) in [7, 11) is 0. The molecule has 0 saturated carbocycles. The largest absolute Gasteiger partial charge is 0.480 e. The first kappa shape index (κ1) is 14.4. The highest BCUT2D eigenvalue weighted by Crippen LogP contribution is 2.03. The maximum Gasteiger partial charge on any atom is 0.326 e. The SMILES string of the molecule is CCCC(NC(=O)NCCc1nccs1)C(=O)O. The minimum Gasteiger partial charge on any atom is -0.480 e. The molecular weight excluding hydrogens is 254 g/mol. The van der Waals surface area contributed by atoms with E-state index >= 15 is 0 Å². The van der Waals surface area contributed by atoms with Crippen molar-refractivity contribution in [3.63, 3.8) is 0 Å². The fourth-order valence-corrected chi connectivity index (χ4v) is 2.04. The molecule has 1 rings (SSSR count). The van der Waals surface area contributed by atoms with Crippen LogP contribution in [0.2, 0.25) is 0 Å². The van der Waals surface area contributed by atoms with E-state index < -0.39 is 18.0 Å². The number of aliphatic carboxylic acids is 1. The zero-order valence-electron chi connectivity index (χ0n) is 10.2. The highest BCUT2D eigenvalue weighted by Gasteiger charge is 2.18. The second-order valence-corrected chi connectivity index (χ2v) is 4.73. The van der Waals surface area contributed by atoms with Crippen molar-refractivity contribution < 1.29 is 14.7 Å². The first-order valence-corrected chi connectivity index (χ1v) is 6.67. The summed E-state index contributed by atoms with van der Waals surface area (Å²) in [6, 6.07) is -1.28. The van der Waals surface area contributed by atoms with Crippen LogP contribution in [0, 0.1) is 0 Å². The number of hydrogen-bond donors (Lipinski definition) is 3. The Balaban J connectivity index is 2.25. The summed E-state index contributed by atoms with van der Waals surface area (Å²) >= 11 is 1.52. The number of carboxylic acids is 1. The molecule has 0 aromatic carbocycles. The molecule has 0 aliphatic heterocycles. The molecule has 1 heterocycles. The van der Waals surface area contributed by atoms with E-state index in [0.717, 1.165) is 5.01 Å². The van der Waals surface area contributed by atoms with E-state index in [1.807, 2.05) is 12.3 Å². The molecule has 6 nitrogen and oxygen atoms in total. The third-order valence-corrected chi connectivity index (χ3v) is 3.13. The van der Waals surface area contributed by atoms with E-state index in [1.54, 1.807) is 6.20 Å². The van der Waals surface area contributed by atoms with Crippen molar-refractivity contribution in [1.82, 2.24) is 15.6 Å². The van der Waals surface area contributed by atoms with Crippen molar-refractivity contribution in [2.24, 2.45) is 0 Å². The number of carbonyl (C=O) groups is 2. The highest BCUT2D eigenvalue weighted by atomic mass is 32.1. The van der Waals surface area contributed by atoms with Crippen molar-refractivity contribution >= 4 is 23.3 Å². The molecule has 0 aliphatic carbocycles. The van der Waals surface area contributed by atoms with Crippen molar-refractivity contribution in [1.29, 1.82) is 0 Å². The summed E-state index contributed by atoms with van der Waals surface area (Å²) in [6.45, 7) is 2.32. The van der Waals surface area contributed by atoms with Crippen LogP contribution in [0.5, 0.6) is 0 Å². The van der Waals surface area contributed by atoms with Gasteiger partial charge in [-0.05, 0) is 6.42 Å². The van der Waals surface area contributed by atoms with E-state index in [-0.39, 0.29) is 0 Å². The van der Waals surface area contributed by atoms with Gasteiger partial charge in [0.05, 0.1) is 5.01 Å². The van der Waals surface area contributed by atoms with Crippen LogP contribution in [0.15, 0.2) is 11.6 Å². The Bertz CT molecular complexity index is 381. The molecule has 0 bridgehead atoms. The molecule has 0 aliphatic rings. The van der Waals surface area contributed by atoms with Crippen LogP contribution < -0.4 is 10.6 Å². The number of rotatable bonds is 7. The number of carboxylic acid groups (broad SMARTS) is 1. The van der Waals surface area contributed by atoms with Gasteiger partial charge in [0, 0.05) is 24.5 Å². The lowest BCUT2D eigenvalue weighted by atomic mass is 10.2. The Morgan fingerprint density at radius 3 is 2.89 bits per heavy atom. The Labute approximate surface area is 109 Å². The van der Waals surface area contributed by atoms with Crippen LogP contribution in [0.4, 0.5) is 4.79 Å². The third-order valence-electron chi connectivity index (χ3n) is 2.29. The minimum absolute atomic E-state index is 0.426. The summed E-state index contributed by atoms with van der Waals surface area (Å²) in [5, 5.41) is 16.7. The van der Waals surface area contributed by atoms with Gasteiger partial charge >= 0.3 is 12.0 Å². The van der Waals surface area contributed by atoms with Gasteiger partial charge < -0.3 is 15.7 Å². The zero-order valence-corrected chi connectivity index (χ0v) is 11.0. The van der Waals surface area contributed by atoms with Crippen molar-refractivity contribution in [3.05, 3.63) is 16.6 Å². The van der Waals surface area contributed by atoms with E-state index in [4.69, 9.17) is 5.11 Å². The third kappa shape index (κ3) is 5.13. The second-order valence-electron chi connectivity index (χ2n) is 3.76. The van der Waals surface area contributed by atoms with Crippen LogP contribution >= 0.6 is 11.3 Å². The van der Waals surface area contributed by atoms with Gasteiger partial charge in [-0.3, -0.25) is 0 Å². The number of amides is 2. The Morgan fingerprint density at radius 2 is 2.33 bits per heavy atom. The quantitative estimate of drug-likeness (QED) is 0.695. The van der Waals surface area contributed by atoms with E-state index in [9.17, 15) is 9.59 Å². The van der Waals surface area contributed by atoms with Gasteiger partial charge in [0.15, 0.2) is 0 Å². The Hall–Kier alpha value is -1.63. The first-order valence-electron chi connectivity index (χ1n) is 5.79. The van der Waals surface area contributed by atoms with Gasteiger partial charge in [-0.1, -0.05) is 13.3 Å². The van der Waals surface area contributed by atoms with Crippen LogP contribution in [0.3, 0.4) is 0 Å². The fourth-order valence-electron chi connectivity index (χ4n) is 1.41. The molecule has 0 saturated heterocycles. The van der Waals surface area contributed by atoms with E-state index in [1.165, 1.54) is 11.3 Å². The number of thiazole rings is 1. The average molecular weight is 271 g/mol. The molecule has 7 heteroatoms. The predicted molar refractivity (Wildman–Crippen MR) is 68.7 cm³/mol. The molecule has 1 unspecified atom stereocenters. The van der Waals surface area contributed by atoms with Gasteiger partial charge in [0.25, 0.3) is 0 Å². The maximum absolute atomic E-state index is 11.5. The van der Waals surface area contributed by atoms with Crippen molar-refractivity contribution in [3.8, 4) is 0 Å². The molecule has 1 aromatic rings. The molecule has 0 spiro atoms. The number of urea groups is 1. The summed E-state index contributed by atoms with van der Waals surface area (Å²) in [4.78, 5) is 26.4. The van der Waals surface area contributed by atoms with Crippen LogP contribution in [-0.4, -0.2) is 34.7 Å². The second kappa shape index (κ2) is 7.65. The van der Waals surface area contributed by atoms with E-state index in [0.29, 0.717) is 25.8 Å². The predicted octanol–water partition coefficient (Wildman–Crippen LogP) is 1.24. The number of aromatic nitrogens is 1. The zero-order chi connectivity index (χ0) is 13.4. The molecule has 18 heavy (non-hydrogen) atoms. The molecule has 1 aromatic heterocycles. The molecule has 2 amide bonds. The Kier molecular flexibility index (Phi) is 6.13. The van der Waals surface area contributed by atoms with Crippen molar-refractivity contribution in [2.45, 2.75) is 32.2 Å². The minimum atomic E-state index is -1.01. The molecule has 3 N–H and O–H groups in total. The summed E-state index contributed by atoms with van der Waals surface area (Å²) in [5.74, 6) is -1.01. The number of nitrogens with zero attached hydrogens (tertiary/aromatic N) is 1. The van der Waals surface area contributed by atoms with Crippen LogP contribution in [0.25, 0.3) is 0 Å². The van der Waals surface area contributed by atoms with E-state index in [2.05, 4.69) is 15.6 Å². The van der Waals surface area contributed by atoms with Gasteiger partial charge in [0.2, 0.25) is 0 Å². The maximum atomic E-state index is 11.5. The number of nitrogens with one attached hydrogen (secondary N) is 2. The fraction of sp³-hybridized carbons (Fsp3) is 0.545. The first-order chi connectivity index (χ1) is 8.63. The van der Waals surface area contributed by atoms with Gasteiger partial charge in [-0.2, -0.15) is 0 Å². The van der Waals surface area contributed by atoms with Gasteiger partial charge in [-0.15, -0.1) is 11.3 Å². The topological polar surface area (TPSA) is 91.3 Å². The van der Waals surface area contributed by atoms with Crippen LogP contribution in [0.1, 0.15) is 24.8 Å². The summed E-state index contributed by atoms with van der Waals surface area (Å²) < 4.78 is 0. The van der Waals surface area contributed by atoms with Crippen molar-refractivity contribution in [2.75, 3.05) is 6.54 Å². The monoisotopic (exact) mass is 271 g/mol. The summed E-state index contributed by atoms with van der Waals surface area (Å²) in [6.07, 6.45) is 3.49. The van der Waals surface area contributed by atoms with Crippen LogP contribution in [-0.2, 0) is 11.2 Å². The average Bonchev–Trinajstić information content (AvgIpc) is 2.81. The lowest BCUT2D eigenvalue weighted by molar-refractivity contribution is -0.139. The smallest absolute Gasteiger partial charge is 0.326 e. The molecular formula is C11H17N3O3S. The number of carbonyl (C=O) groups excluding carboxylic acids is 1. The number of hydrogen-bond acceptors (Lipinski definition) is 4. The molecule has 0 fully saturated rings. The lowest BCUT2D eigenvalue weighted by Crippen LogP contribution is -2.46. The highest BCUT2D eigenvalue weighted by molar-refractivity contribution is 7.09. The standard InChI is InChI=1S/C11H17N3O3S/c1-2-3-8(10(15)16)14-11(17)13-5-4-9-12-6-7-18-9/h6-8H,2-5H2,1H3,(H,15,16)(H2,13,14,17). The molecule has 100 valence electrons. The molecule has 0 radical (unpaired) electrons. The molecule has 1 atom stereocenters. The lowest BCUT2D eigenvalue weighted by Gasteiger charge is -2.13. The normalized spacial score (nSPS) is 11.8. The summed E-state index contributed by atoms with van der Waals surface area (Å²) in [5.41, 5.74) is 0.